The smallest absolute Gasteiger partial charge is 0.122 e. The van der Waals surface area contributed by atoms with Crippen molar-refractivity contribution in [3.8, 4) is 5.75 Å². The summed E-state index contributed by atoms with van der Waals surface area (Å²) < 4.78 is 5.36. The molecule has 0 spiro atoms. The Morgan fingerprint density at radius 3 is 2.79 bits per heavy atom. The van der Waals surface area contributed by atoms with Crippen molar-refractivity contribution in [2.24, 2.45) is 5.73 Å². The quantitative estimate of drug-likeness (QED) is 0.789. The van der Waals surface area contributed by atoms with Gasteiger partial charge in [0.1, 0.15) is 5.75 Å². The molecular weight excluding hydrogens is 174 g/mol. The van der Waals surface area contributed by atoms with Gasteiger partial charge in [0.25, 0.3) is 0 Å². The number of fused-ring (bicyclic) bond motifs is 1. The van der Waals surface area contributed by atoms with E-state index < -0.39 is 0 Å². The largest absolute Gasteiger partial charge is 0.496 e. The van der Waals surface area contributed by atoms with Crippen molar-refractivity contribution < 1.29 is 4.74 Å². The Balaban J connectivity index is 2.42. The SMILES string of the molecule is COc1ccc(CCN)c2c1CCC2. The lowest BCUT2D eigenvalue weighted by Gasteiger charge is -2.11. The van der Waals surface area contributed by atoms with Crippen LogP contribution in [0.1, 0.15) is 23.1 Å². The van der Waals surface area contributed by atoms with Crippen molar-refractivity contribution >= 4 is 0 Å². The van der Waals surface area contributed by atoms with Gasteiger partial charge in [0.05, 0.1) is 7.11 Å². The van der Waals surface area contributed by atoms with Gasteiger partial charge in [0.15, 0.2) is 0 Å². The highest BCUT2D eigenvalue weighted by molar-refractivity contribution is 5.47. The van der Waals surface area contributed by atoms with Crippen molar-refractivity contribution in [2.45, 2.75) is 25.7 Å². The van der Waals surface area contributed by atoms with E-state index in [1.165, 1.54) is 29.5 Å². The Morgan fingerprint density at radius 1 is 1.29 bits per heavy atom. The summed E-state index contributed by atoms with van der Waals surface area (Å²) in [5.74, 6) is 1.05. The first-order valence-corrected chi connectivity index (χ1v) is 5.24. The van der Waals surface area contributed by atoms with Gasteiger partial charge in [-0.2, -0.15) is 0 Å². The van der Waals surface area contributed by atoms with Gasteiger partial charge in [-0.1, -0.05) is 6.07 Å². The molecule has 0 bridgehead atoms. The van der Waals surface area contributed by atoms with Gasteiger partial charge in [0, 0.05) is 0 Å². The zero-order chi connectivity index (χ0) is 9.97. The molecule has 1 aliphatic rings. The van der Waals surface area contributed by atoms with Crippen LogP contribution in [0.4, 0.5) is 0 Å². The minimum Gasteiger partial charge on any atom is -0.496 e. The Hall–Kier alpha value is -1.02. The highest BCUT2D eigenvalue weighted by atomic mass is 16.5. The van der Waals surface area contributed by atoms with Gasteiger partial charge >= 0.3 is 0 Å². The monoisotopic (exact) mass is 191 g/mol. The molecule has 0 unspecified atom stereocenters. The van der Waals surface area contributed by atoms with Crippen molar-refractivity contribution in [1.29, 1.82) is 0 Å². The second-order valence-corrected chi connectivity index (χ2v) is 3.78. The minimum absolute atomic E-state index is 0.735. The predicted molar refractivity (Wildman–Crippen MR) is 57.8 cm³/mol. The molecule has 0 fully saturated rings. The number of hydrogen-bond acceptors (Lipinski definition) is 2. The number of methoxy groups -OCH3 is 1. The third kappa shape index (κ3) is 1.50. The van der Waals surface area contributed by atoms with E-state index in [0.717, 1.165) is 25.1 Å². The van der Waals surface area contributed by atoms with Crippen LogP contribution in [0.5, 0.6) is 5.75 Å². The zero-order valence-electron chi connectivity index (χ0n) is 8.68. The third-order valence-electron chi connectivity index (χ3n) is 2.97. The van der Waals surface area contributed by atoms with Gasteiger partial charge in [-0.05, 0) is 55.0 Å². The normalized spacial score (nSPS) is 14.1. The summed E-state index contributed by atoms with van der Waals surface area (Å²) >= 11 is 0. The fourth-order valence-electron chi connectivity index (χ4n) is 2.33. The Bertz CT molecular complexity index is 333. The van der Waals surface area contributed by atoms with Crippen LogP contribution in [0.25, 0.3) is 0 Å². The van der Waals surface area contributed by atoms with Crippen LogP contribution in [0, 0.1) is 0 Å². The summed E-state index contributed by atoms with van der Waals surface area (Å²) in [7, 11) is 1.75. The van der Waals surface area contributed by atoms with Crippen LogP contribution < -0.4 is 10.5 Å². The number of hydrogen-bond donors (Lipinski definition) is 1. The van der Waals surface area contributed by atoms with E-state index >= 15 is 0 Å². The third-order valence-corrected chi connectivity index (χ3v) is 2.97. The molecule has 0 saturated heterocycles. The van der Waals surface area contributed by atoms with Gasteiger partial charge in [-0.25, -0.2) is 0 Å². The molecule has 2 rings (SSSR count). The molecule has 0 radical (unpaired) electrons. The molecule has 14 heavy (non-hydrogen) atoms. The molecule has 1 aliphatic carbocycles. The molecule has 2 nitrogen and oxygen atoms in total. The number of ether oxygens (including phenoxy) is 1. The molecule has 0 atom stereocenters. The molecule has 76 valence electrons. The highest BCUT2D eigenvalue weighted by Crippen LogP contribution is 2.33. The Kier molecular flexibility index (Phi) is 2.73. The number of rotatable bonds is 3. The van der Waals surface area contributed by atoms with Gasteiger partial charge in [-0.15, -0.1) is 0 Å². The predicted octanol–water partition coefficient (Wildman–Crippen LogP) is 1.69. The Morgan fingerprint density at radius 2 is 2.07 bits per heavy atom. The molecule has 2 heteroatoms. The summed E-state index contributed by atoms with van der Waals surface area (Å²) in [5.41, 5.74) is 9.92. The van der Waals surface area contributed by atoms with Crippen LogP contribution in [-0.4, -0.2) is 13.7 Å². The summed E-state index contributed by atoms with van der Waals surface area (Å²) in [4.78, 5) is 0. The number of benzene rings is 1. The van der Waals surface area contributed by atoms with Crippen molar-refractivity contribution in [3.63, 3.8) is 0 Å². The Labute approximate surface area is 85.1 Å². The summed E-state index contributed by atoms with van der Waals surface area (Å²) in [6.07, 6.45) is 4.61. The zero-order valence-corrected chi connectivity index (χ0v) is 8.68. The maximum atomic E-state index is 5.59. The van der Waals surface area contributed by atoms with E-state index in [4.69, 9.17) is 10.5 Å². The molecule has 1 aromatic rings. The molecule has 0 aromatic heterocycles. The van der Waals surface area contributed by atoms with Crippen LogP contribution in [0.15, 0.2) is 12.1 Å². The van der Waals surface area contributed by atoms with Crippen LogP contribution >= 0.6 is 0 Å². The summed E-state index contributed by atoms with van der Waals surface area (Å²) in [6.45, 7) is 0.735. The van der Waals surface area contributed by atoms with Crippen molar-refractivity contribution in [1.82, 2.24) is 0 Å². The molecular formula is C12H17NO. The lowest BCUT2D eigenvalue weighted by Crippen LogP contribution is -2.05. The van der Waals surface area contributed by atoms with Gasteiger partial charge in [-0.3, -0.25) is 0 Å². The second kappa shape index (κ2) is 4.01. The van der Waals surface area contributed by atoms with E-state index in [1.54, 1.807) is 7.11 Å². The molecule has 0 amide bonds. The van der Waals surface area contributed by atoms with Gasteiger partial charge < -0.3 is 10.5 Å². The maximum Gasteiger partial charge on any atom is 0.122 e. The average Bonchev–Trinajstić information content (AvgIpc) is 2.67. The van der Waals surface area contributed by atoms with Crippen LogP contribution in [-0.2, 0) is 19.3 Å². The standard InChI is InChI=1S/C12H17NO/c1-14-12-6-5-9(7-8-13)10-3-2-4-11(10)12/h5-6H,2-4,7-8,13H2,1H3. The maximum absolute atomic E-state index is 5.59. The van der Waals surface area contributed by atoms with Crippen LogP contribution in [0.2, 0.25) is 0 Å². The molecule has 1 aromatic carbocycles. The summed E-state index contributed by atoms with van der Waals surface area (Å²) in [5, 5.41) is 0. The van der Waals surface area contributed by atoms with Gasteiger partial charge in [0.2, 0.25) is 0 Å². The minimum atomic E-state index is 0.735. The first-order chi connectivity index (χ1) is 6.86. The first kappa shape index (κ1) is 9.53. The molecule has 0 saturated carbocycles. The van der Waals surface area contributed by atoms with E-state index in [0.29, 0.717) is 0 Å². The van der Waals surface area contributed by atoms with E-state index in [9.17, 15) is 0 Å². The molecule has 0 aliphatic heterocycles. The van der Waals surface area contributed by atoms with E-state index in [2.05, 4.69) is 12.1 Å². The lowest BCUT2D eigenvalue weighted by atomic mass is 10.00. The van der Waals surface area contributed by atoms with E-state index in [-0.39, 0.29) is 0 Å². The topological polar surface area (TPSA) is 35.2 Å². The summed E-state index contributed by atoms with van der Waals surface area (Å²) in [6, 6.07) is 4.24. The van der Waals surface area contributed by atoms with Crippen molar-refractivity contribution in [2.75, 3.05) is 13.7 Å². The second-order valence-electron chi connectivity index (χ2n) is 3.78. The fraction of sp³-hybridized carbons (Fsp3) is 0.500. The number of nitrogens with two attached hydrogens (primary N) is 1. The fourth-order valence-corrected chi connectivity index (χ4v) is 2.33. The molecule has 0 heterocycles. The highest BCUT2D eigenvalue weighted by Gasteiger charge is 2.18. The van der Waals surface area contributed by atoms with Crippen molar-refractivity contribution in [3.05, 3.63) is 28.8 Å². The van der Waals surface area contributed by atoms with E-state index in [1.807, 2.05) is 0 Å². The lowest BCUT2D eigenvalue weighted by molar-refractivity contribution is 0.410. The molecule has 2 N–H and O–H groups in total. The first-order valence-electron chi connectivity index (χ1n) is 5.24. The average molecular weight is 191 g/mol. The van der Waals surface area contributed by atoms with Crippen LogP contribution in [0.3, 0.4) is 0 Å².